The van der Waals surface area contributed by atoms with Crippen molar-refractivity contribution in [1.29, 1.82) is 0 Å². The van der Waals surface area contributed by atoms with Crippen LogP contribution in [0.3, 0.4) is 0 Å². The van der Waals surface area contributed by atoms with Crippen LogP contribution < -0.4 is 0 Å². The molecule has 1 N–H and O–H groups in total. The Bertz CT molecular complexity index is 581. The average Bonchev–Trinajstić information content (AvgIpc) is 2.70. The molecule has 18 heavy (non-hydrogen) atoms. The summed E-state index contributed by atoms with van der Waals surface area (Å²) in [5, 5.41) is 7.33. The third-order valence-corrected chi connectivity index (χ3v) is 4.26. The van der Waals surface area contributed by atoms with E-state index in [-0.39, 0.29) is 0 Å². The van der Waals surface area contributed by atoms with E-state index >= 15 is 0 Å². The monoisotopic (exact) mass is 259 g/mol. The number of hydrogen-bond donors (Lipinski definition) is 1. The maximum absolute atomic E-state index is 5.39. The van der Waals surface area contributed by atoms with Gasteiger partial charge in [0.05, 0.1) is 0 Å². The van der Waals surface area contributed by atoms with Gasteiger partial charge in [0.2, 0.25) is 0 Å². The summed E-state index contributed by atoms with van der Waals surface area (Å²) in [6.07, 6.45) is 3.96. The van der Waals surface area contributed by atoms with Crippen molar-refractivity contribution in [2.75, 3.05) is 0 Å². The van der Waals surface area contributed by atoms with E-state index in [9.17, 15) is 0 Å². The Labute approximate surface area is 112 Å². The first-order valence-electron chi connectivity index (χ1n) is 6.49. The minimum Gasteiger partial charge on any atom is -0.297 e. The van der Waals surface area contributed by atoms with Crippen molar-refractivity contribution in [3.8, 4) is 11.4 Å². The van der Waals surface area contributed by atoms with Gasteiger partial charge in [-0.1, -0.05) is 36.8 Å². The van der Waals surface area contributed by atoms with Gasteiger partial charge in [-0.25, -0.2) is 0 Å². The molecule has 1 aromatic heterocycles. The van der Waals surface area contributed by atoms with Gasteiger partial charge in [-0.2, -0.15) is 5.10 Å². The van der Waals surface area contributed by atoms with Crippen molar-refractivity contribution in [2.24, 2.45) is 5.92 Å². The highest BCUT2D eigenvalue weighted by Gasteiger charge is 2.27. The second-order valence-electron chi connectivity index (χ2n) is 5.02. The topological polar surface area (TPSA) is 33.6 Å². The van der Waals surface area contributed by atoms with Crippen molar-refractivity contribution >= 4 is 12.2 Å². The molecule has 0 bridgehead atoms. The van der Waals surface area contributed by atoms with Crippen LogP contribution in [-0.4, -0.2) is 14.8 Å². The summed E-state index contributed by atoms with van der Waals surface area (Å²) in [4.78, 5) is 0. The lowest BCUT2D eigenvalue weighted by Gasteiger charge is -2.32. The molecule has 1 saturated carbocycles. The highest BCUT2D eigenvalue weighted by Crippen LogP contribution is 2.37. The van der Waals surface area contributed by atoms with Crippen LogP contribution >= 0.6 is 12.2 Å². The van der Waals surface area contributed by atoms with Crippen LogP contribution in [0.15, 0.2) is 30.3 Å². The van der Waals surface area contributed by atoms with Gasteiger partial charge in [-0.05, 0) is 37.9 Å². The van der Waals surface area contributed by atoms with Gasteiger partial charge in [0.15, 0.2) is 10.6 Å². The smallest absolute Gasteiger partial charge is 0.195 e. The Morgan fingerprint density at radius 2 is 2.06 bits per heavy atom. The van der Waals surface area contributed by atoms with E-state index < -0.39 is 0 Å². The Morgan fingerprint density at radius 1 is 1.33 bits per heavy atom. The fourth-order valence-electron chi connectivity index (χ4n) is 2.61. The minimum absolute atomic E-state index is 0.431. The molecule has 0 saturated heterocycles. The lowest BCUT2D eigenvalue weighted by Crippen LogP contribution is -2.23. The number of aromatic nitrogens is 3. The van der Waals surface area contributed by atoms with E-state index in [0.717, 1.165) is 22.1 Å². The van der Waals surface area contributed by atoms with Crippen LogP contribution in [0, 0.1) is 10.7 Å². The van der Waals surface area contributed by atoms with Crippen LogP contribution in [0.4, 0.5) is 0 Å². The molecule has 0 amide bonds. The van der Waals surface area contributed by atoms with E-state index in [1.807, 2.05) is 18.2 Å². The Hall–Kier alpha value is -1.42. The van der Waals surface area contributed by atoms with Crippen LogP contribution in [0.25, 0.3) is 11.4 Å². The minimum atomic E-state index is 0.431. The molecular weight excluding hydrogens is 242 g/mol. The largest absolute Gasteiger partial charge is 0.297 e. The van der Waals surface area contributed by atoms with Crippen LogP contribution in [-0.2, 0) is 0 Å². The number of nitrogens with one attached hydrogen (secondary N) is 1. The summed E-state index contributed by atoms with van der Waals surface area (Å²) in [5.41, 5.74) is 1.12. The van der Waals surface area contributed by atoms with Crippen LogP contribution in [0.1, 0.15) is 32.2 Å². The van der Waals surface area contributed by atoms with Crippen LogP contribution in [0.2, 0.25) is 0 Å². The van der Waals surface area contributed by atoms with Crippen molar-refractivity contribution in [3.05, 3.63) is 35.1 Å². The zero-order valence-electron chi connectivity index (χ0n) is 10.5. The van der Waals surface area contributed by atoms with Gasteiger partial charge in [0.25, 0.3) is 0 Å². The zero-order chi connectivity index (χ0) is 12.5. The highest BCUT2D eigenvalue weighted by molar-refractivity contribution is 7.71. The van der Waals surface area contributed by atoms with E-state index in [4.69, 9.17) is 12.2 Å². The molecule has 3 rings (SSSR count). The Kier molecular flexibility index (Phi) is 3.04. The zero-order valence-corrected chi connectivity index (χ0v) is 11.3. The second-order valence-corrected chi connectivity index (χ2v) is 5.41. The van der Waals surface area contributed by atoms with Gasteiger partial charge in [0, 0.05) is 11.6 Å². The standard InChI is InChI=1S/C14H17N3S/c1-10(11-8-5-9-11)17-13(15-16-14(17)18)12-6-3-2-4-7-12/h2-4,6-7,10-11H,5,8-9H2,1H3,(H,16,18). The molecule has 1 aromatic carbocycles. The van der Waals surface area contributed by atoms with E-state index in [0.29, 0.717) is 6.04 Å². The van der Waals surface area contributed by atoms with Crippen molar-refractivity contribution < 1.29 is 0 Å². The Morgan fingerprint density at radius 3 is 2.67 bits per heavy atom. The third-order valence-electron chi connectivity index (χ3n) is 3.98. The van der Waals surface area contributed by atoms with Crippen molar-refractivity contribution in [2.45, 2.75) is 32.2 Å². The number of hydrogen-bond acceptors (Lipinski definition) is 2. The van der Waals surface area contributed by atoms with Gasteiger partial charge in [-0.15, -0.1) is 0 Å². The predicted octanol–water partition coefficient (Wildman–Crippen LogP) is 3.97. The molecule has 1 fully saturated rings. The van der Waals surface area contributed by atoms with Gasteiger partial charge < -0.3 is 0 Å². The molecule has 1 atom stereocenters. The van der Waals surface area contributed by atoms with E-state index in [1.54, 1.807) is 0 Å². The number of H-pyrrole nitrogens is 1. The summed E-state index contributed by atoms with van der Waals surface area (Å²) in [7, 11) is 0. The molecule has 0 aliphatic heterocycles. The molecule has 3 nitrogen and oxygen atoms in total. The summed E-state index contributed by atoms with van der Waals surface area (Å²) < 4.78 is 2.90. The normalized spacial score (nSPS) is 17.4. The summed E-state index contributed by atoms with van der Waals surface area (Å²) in [6, 6.07) is 10.7. The first kappa shape index (κ1) is 11.7. The third kappa shape index (κ3) is 1.90. The number of benzene rings is 1. The van der Waals surface area contributed by atoms with E-state index in [1.165, 1.54) is 19.3 Å². The van der Waals surface area contributed by atoms with Gasteiger partial charge in [0.1, 0.15) is 0 Å². The summed E-state index contributed by atoms with van der Waals surface area (Å²) >= 11 is 5.39. The molecular formula is C14H17N3S. The molecule has 2 aromatic rings. The summed E-state index contributed by atoms with van der Waals surface area (Å²) in [6.45, 7) is 2.25. The second kappa shape index (κ2) is 4.69. The lowest BCUT2D eigenvalue weighted by molar-refractivity contribution is 0.222. The quantitative estimate of drug-likeness (QED) is 0.846. The maximum atomic E-state index is 5.39. The molecule has 1 aliphatic carbocycles. The fraction of sp³-hybridized carbons (Fsp3) is 0.429. The van der Waals surface area contributed by atoms with Gasteiger partial charge >= 0.3 is 0 Å². The molecule has 94 valence electrons. The van der Waals surface area contributed by atoms with Crippen LogP contribution in [0.5, 0.6) is 0 Å². The molecule has 1 unspecified atom stereocenters. The van der Waals surface area contributed by atoms with E-state index in [2.05, 4.69) is 33.8 Å². The Balaban J connectivity index is 2.03. The summed E-state index contributed by atoms with van der Waals surface area (Å²) in [5.74, 6) is 1.71. The first-order chi connectivity index (χ1) is 8.77. The molecule has 1 aliphatic rings. The maximum Gasteiger partial charge on any atom is 0.195 e. The number of aromatic amines is 1. The first-order valence-corrected chi connectivity index (χ1v) is 6.90. The number of nitrogens with zero attached hydrogens (tertiary/aromatic N) is 2. The lowest BCUT2D eigenvalue weighted by atomic mass is 9.80. The van der Waals surface area contributed by atoms with Gasteiger partial charge in [-0.3, -0.25) is 9.67 Å². The highest BCUT2D eigenvalue weighted by atomic mass is 32.1. The molecule has 4 heteroatoms. The van der Waals surface area contributed by atoms with Crippen molar-refractivity contribution in [1.82, 2.24) is 14.8 Å². The fourth-order valence-corrected chi connectivity index (χ4v) is 2.90. The number of rotatable bonds is 3. The molecule has 0 radical (unpaired) electrons. The predicted molar refractivity (Wildman–Crippen MR) is 74.9 cm³/mol. The SMILES string of the molecule is CC(C1CCC1)n1c(-c2ccccc2)n[nH]c1=S. The molecule has 1 heterocycles. The molecule has 0 spiro atoms. The average molecular weight is 259 g/mol. The van der Waals surface area contributed by atoms with Crippen molar-refractivity contribution in [3.63, 3.8) is 0 Å².